The van der Waals surface area contributed by atoms with Gasteiger partial charge >= 0.3 is 0 Å². The summed E-state index contributed by atoms with van der Waals surface area (Å²) < 4.78 is 7.46. The van der Waals surface area contributed by atoms with E-state index in [1.807, 2.05) is 25.2 Å². The van der Waals surface area contributed by atoms with Crippen LogP contribution < -0.4 is 10.1 Å². The van der Waals surface area contributed by atoms with E-state index in [9.17, 15) is 4.79 Å². The van der Waals surface area contributed by atoms with Crippen LogP contribution in [0.4, 0.5) is 5.82 Å². The Labute approximate surface area is 159 Å². The Morgan fingerprint density at radius 2 is 2.04 bits per heavy atom. The summed E-state index contributed by atoms with van der Waals surface area (Å²) in [6.07, 6.45) is 1.62. The van der Waals surface area contributed by atoms with Crippen molar-refractivity contribution in [1.29, 1.82) is 0 Å². The van der Waals surface area contributed by atoms with Gasteiger partial charge in [0.25, 0.3) is 0 Å². The third kappa shape index (κ3) is 4.74. The number of ether oxygens (including phenoxy) is 1. The number of thioether (sulfide) groups is 1. The summed E-state index contributed by atoms with van der Waals surface area (Å²) in [5.74, 6) is 1.78. The second kappa shape index (κ2) is 8.68. The molecule has 26 heavy (non-hydrogen) atoms. The van der Waals surface area contributed by atoms with E-state index in [2.05, 4.69) is 20.5 Å². The molecule has 0 aliphatic heterocycles. The molecule has 134 valence electrons. The maximum atomic E-state index is 12.0. The van der Waals surface area contributed by atoms with E-state index in [4.69, 9.17) is 16.3 Å². The molecule has 9 heteroatoms. The van der Waals surface area contributed by atoms with Crippen molar-refractivity contribution in [2.75, 3.05) is 11.1 Å². The van der Waals surface area contributed by atoms with Crippen molar-refractivity contribution in [3.05, 3.63) is 59.5 Å². The fourth-order valence-corrected chi connectivity index (χ4v) is 2.97. The van der Waals surface area contributed by atoms with Gasteiger partial charge in [-0.15, -0.1) is 10.2 Å². The van der Waals surface area contributed by atoms with Crippen LogP contribution in [0.25, 0.3) is 0 Å². The number of rotatable bonds is 7. The lowest BCUT2D eigenvalue weighted by atomic mass is 10.3. The highest BCUT2D eigenvalue weighted by Gasteiger charge is 2.13. The average molecular weight is 390 g/mol. The minimum Gasteiger partial charge on any atom is -0.484 e. The molecule has 3 rings (SSSR count). The van der Waals surface area contributed by atoms with Gasteiger partial charge in [-0.3, -0.25) is 4.79 Å². The summed E-state index contributed by atoms with van der Waals surface area (Å²) in [7, 11) is 1.82. The first-order valence-corrected chi connectivity index (χ1v) is 9.09. The minimum absolute atomic E-state index is 0.162. The third-order valence-corrected chi connectivity index (χ3v) is 4.72. The van der Waals surface area contributed by atoms with Gasteiger partial charge in [0, 0.05) is 13.2 Å². The van der Waals surface area contributed by atoms with Gasteiger partial charge in [-0.1, -0.05) is 41.6 Å². The van der Waals surface area contributed by atoms with Crippen LogP contribution in [0.2, 0.25) is 5.02 Å². The van der Waals surface area contributed by atoms with Crippen molar-refractivity contribution in [2.24, 2.45) is 7.05 Å². The van der Waals surface area contributed by atoms with E-state index in [-0.39, 0.29) is 18.3 Å². The predicted octanol–water partition coefficient (Wildman–Crippen LogP) is 3.17. The Hall–Kier alpha value is -2.58. The van der Waals surface area contributed by atoms with Gasteiger partial charge in [0.1, 0.15) is 18.2 Å². The Kier molecular flexibility index (Phi) is 6.08. The smallest absolute Gasteiger partial charge is 0.236 e. The van der Waals surface area contributed by atoms with Crippen molar-refractivity contribution in [3.8, 4) is 5.75 Å². The number of benzene rings is 1. The molecule has 0 aliphatic rings. The average Bonchev–Trinajstić information content (AvgIpc) is 3.00. The molecule has 0 bridgehead atoms. The summed E-state index contributed by atoms with van der Waals surface area (Å²) >= 11 is 7.35. The first-order valence-electron chi connectivity index (χ1n) is 7.73. The normalized spacial score (nSPS) is 10.5. The number of halogens is 1. The lowest BCUT2D eigenvalue weighted by Crippen LogP contribution is -2.15. The zero-order chi connectivity index (χ0) is 18.4. The third-order valence-electron chi connectivity index (χ3n) is 3.38. The maximum Gasteiger partial charge on any atom is 0.236 e. The van der Waals surface area contributed by atoms with Gasteiger partial charge in [0.2, 0.25) is 5.91 Å². The summed E-state index contributed by atoms with van der Waals surface area (Å²) in [4.78, 5) is 16.0. The Morgan fingerprint density at radius 1 is 1.23 bits per heavy atom. The minimum atomic E-state index is -0.162. The van der Waals surface area contributed by atoms with Crippen LogP contribution in [0.1, 0.15) is 5.82 Å². The number of carbonyl (C=O) groups excluding carboxylic acids is 1. The number of para-hydroxylation sites is 1. The monoisotopic (exact) mass is 389 g/mol. The van der Waals surface area contributed by atoms with Crippen molar-refractivity contribution in [2.45, 2.75) is 11.8 Å². The lowest BCUT2D eigenvalue weighted by Gasteiger charge is -2.08. The van der Waals surface area contributed by atoms with Crippen LogP contribution in [-0.2, 0) is 18.4 Å². The van der Waals surface area contributed by atoms with E-state index < -0.39 is 0 Å². The predicted molar refractivity (Wildman–Crippen MR) is 100 cm³/mol. The molecular weight excluding hydrogens is 374 g/mol. The first kappa shape index (κ1) is 18.2. The van der Waals surface area contributed by atoms with E-state index >= 15 is 0 Å². The Bertz CT molecular complexity index is 888. The summed E-state index contributed by atoms with van der Waals surface area (Å²) in [5, 5.41) is 12.1. The molecule has 1 amide bonds. The number of anilines is 1. The number of hydrogen-bond donors (Lipinski definition) is 1. The second-order valence-corrected chi connectivity index (χ2v) is 6.58. The molecule has 2 aromatic heterocycles. The van der Waals surface area contributed by atoms with Gasteiger partial charge in [-0.25, -0.2) is 4.98 Å². The van der Waals surface area contributed by atoms with E-state index in [1.54, 1.807) is 35.0 Å². The number of pyridine rings is 1. The van der Waals surface area contributed by atoms with Crippen LogP contribution in [0.5, 0.6) is 5.75 Å². The molecule has 0 saturated heterocycles. The summed E-state index contributed by atoms with van der Waals surface area (Å²) in [5.41, 5.74) is 0. The van der Waals surface area contributed by atoms with Crippen LogP contribution in [0.15, 0.2) is 53.8 Å². The van der Waals surface area contributed by atoms with Crippen LogP contribution in [0, 0.1) is 0 Å². The van der Waals surface area contributed by atoms with E-state index in [0.29, 0.717) is 27.6 Å². The summed E-state index contributed by atoms with van der Waals surface area (Å²) in [6, 6.07) is 12.6. The van der Waals surface area contributed by atoms with Gasteiger partial charge < -0.3 is 14.6 Å². The number of carbonyl (C=O) groups is 1. The molecule has 0 fully saturated rings. The standard InChI is InChI=1S/C17H16ClN5O2S/c1-23-15(10-25-13-7-3-2-6-12(13)18)21-22-17(23)26-11-16(24)20-14-8-4-5-9-19-14/h2-9H,10-11H2,1H3,(H,19,20,24). The van der Waals surface area contributed by atoms with Crippen LogP contribution in [-0.4, -0.2) is 31.4 Å². The molecule has 7 nitrogen and oxygen atoms in total. The van der Waals surface area contributed by atoms with Crippen molar-refractivity contribution in [1.82, 2.24) is 19.7 Å². The number of nitrogens with zero attached hydrogens (tertiary/aromatic N) is 4. The number of aromatic nitrogens is 4. The molecule has 0 aliphatic carbocycles. The summed E-state index contributed by atoms with van der Waals surface area (Å²) in [6.45, 7) is 0.230. The number of hydrogen-bond acceptors (Lipinski definition) is 6. The van der Waals surface area contributed by atoms with Crippen molar-refractivity contribution >= 4 is 35.1 Å². The largest absolute Gasteiger partial charge is 0.484 e. The molecule has 0 unspecified atom stereocenters. The molecule has 0 saturated carbocycles. The molecule has 0 atom stereocenters. The fraction of sp³-hybridized carbons (Fsp3) is 0.176. The fourth-order valence-electron chi connectivity index (χ4n) is 2.05. The molecule has 0 spiro atoms. The van der Waals surface area contributed by atoms with Crippen LogP contribution in [0.3, 0.4) is 0 Å². The highest BCUT2D eigenvalue weighted by atomic mass is 35.5. The lowest BCUT2D eigenvalue weighted by molar-refractivity contribution is -0.113. The van der Waals surface area contributed by atoms with Crippen LogP contribution >= 0.6 is 23.4 Å². The van der Waals surface area contributed by atoms with E-state index in [0.717, 1.165) is 0 Å². The molecule has 1 N–H and O–H groups in total. The highest BCUT2D eigenvalue weighted by molar-refractivity contribution is 7.99. The number of nitrogens with one attached hydrogen (secondary N) is 1. The molecule has 3 aromatic rings. The van der Waals surface area contributed by atoms with Gasteiger partial charge in [0.05, 0.1) is 10.8 Å². The second-order valence-electron chi connectivity index (χ2n) is 5.23. The topological polar surface area (TPSA) is 81.9 Å². The maximum absolute atomic E-state index is 12.0. The van der Waals surface area contributed by atoms with Crippen molar-refractivity contribution in [3.63, 3.8) is 0 Å². The molecule has 1 aromatic carbocycles. The zero-order valence-corrected chi connectivity index (χ0v) is 15.5. The van der Waals surface area contributed by atoms with Gasteiger partial charge in [0.15, 0.2) is 11.0 Å². The molecular formula is C17H16ClN5O2S. The Morgan fingerprint density at radius 3 is 2.81 bits per heavy atom. The number of amides is 1. The van der Waals surface area contributed by atoms with Crippen molar-refractivity contribution < 1.29 is 9.53 Å². The highest BCUT2D eigenvalue weighted by Crippen LogP contribution is 2.24. The molecule has 2 heterocycles. The van der Waals surface area contributed by atoms with Gasteiger partial charge in [-0.2, -0.15) is 0 Å². The SMILES string of the molecule is Cn1c(COc2ccccc2Cl)nnc1SCC(=O)Nc1ccccn1. The first-order chi connectivity index (χ1) is 12.6. The zero-order valence-electron chi connectivity index (χ0n) is 13.9. The quantitative estimate of drug-likeness (QED) is 0.625. The Balaban J connectivity index is 1.53. The van der Waals surface area contributed by atoms with E-state index in [1.165, 1.54) is 11.8 Å². The molecule has 0 radical (unpaired) electrons. The van der Waals surface area contributed by atoms with Gasteiger partial charge in [-0.05, 0) is 24.3 Å².